The van der Waals surface area contributed by atoms with Crippen molar-refractivity contribution in [1.29, 1.82) is 0 Å². The largest absolute Gasteiger partial charge is 0.369 e. The maximum absolute atomic E-state index is 15.3. The molecule has 0 spiro atoms. The molecule has 12 aromatic carbocycles. The first-order valence-corrected chi connectivity index (χ1v) is 30.6. The number of para-hydroxylation sites is 1. The van der Waals surface area contributed by atoms with Gasteiger partial charge in [0, 0.05) is 22.1 Å². The molecule has 16 rings (SSSR count). The fourth-order valence-corrected chi connectivity index (χ4v) is 14.4. The van der Waals surface area contributed by atoms with E-state index in [0.717, 1.165) is 89.1 Å². The zero-order chi connectivity index (χ0) is 61.2. The Hall–Kier alpha value is -11.2. The summed E-state index contributed by atoms with van der Waals surface area (Å²) in [6, 6.07) is 93.3. The highest BCUT2D eigenvalue weighted by Crippen LogP contribution is 2.54. The second-order valence-corrected chi connectivity index (χ2v) is 24.9. The van der Waals surface area contributed by atoms with E-state index >= 15 is 14.4 Å². The quantitative estimate of drug-likeness (QED) is 0.156. The van der Waals surface area contributed by atoms with E-state index in [4.69, 9.17) is 0 Å². The molecular weight excluding hydrogens is 1100 g/mol. The van der Waals surface area contributed by atoms with Crippen LogP contribution in [0.2, 0.25) is 0 Å². The van der Waals surface area contributed by atoms with E-state index < -0.39 is 22.9 Å². The lowest BCUT2D eigenvalue weighted by Crippen LogP contribution is -2.48. The number of carbonyl (C=O) groups excluding carboxylic acids is 1. The molecule has 3 aliphatic rings. The van der Waals surface area contributed by atoms with Gasteiger partial charge in [0.05, 0.1) is 33.7 Å². The second-order valence-electron chi connectivity index (χ2n) is 24.9. The summed E-state index contributed by atoms with van der Waals surface area (Å²) in [6.45, 7) is 8.93. The molecular formula is C82H60N4O4. The van der Waals surface area contributed by atoms with E-state index in [1.54, 1.807) is 9.47 Å². The Morgan fingerprint density at radius 2 is 0.767 bits per heavy atom. The number of benzene rings is 12. The topological polar surface area (TPSA) is 87.8 Å². The Bertz CT molecular complexity index is 5200. The van der Waals surface area contributed by atoms with Gasteiger partial charge in [0.2, 0.25) is 0 Å². The molecule has 0 bridgehead atoms. The molecule has 1 aliphatic heterocycles. The minimum atomic E-state index is -1.19. The molecule has 90 heavy (non-hydrogen) atoms. The van der Waals surface area contributed by atoms with Gasteiger partial charge in [-0.15, -0.1) is 0 Å². The van der Waals surface area contributed by atoms with E-state index in [2.05, 4.69) is 155 Å². The van der Waals surface area contributed by atoms with Crippen LogP contribution in [0.4, 0.5) is 21.9 Å². The third kappa shape index (κ3) is 8.51. The highest BCUT2D eigenvalue weighted by Gasteiger charge is 2.43. The summed E-state index contributed by atoms with van der Waals surface area (Å²) in [5.74, 6) is 0. The lowest BCUT2D eigenvalue weighted by atomic mass is 9.81. The van der Waals surface area contributed by atoms with Crippen molar-refractivity contribution in [2.75, 3.05) is 9.80 Å². The van der Waals surface area contributed by atoms with Crippen molar-refractivity contribution in [3.05, 3.63) is 328 Å². The first-order valence-electron chi connectivity index (χ1n) is 30.6. The van der Waals surface area contributed by atoms with Gasteiger partial charge in [-0.25, -0.2) is 14.2 Å². The molecule has 0 saturated carbocycles. The highest BCUT2D eigenvalue weighted by atomic mass is 16.3. The van der Waals surface area contributed by atoms with Crippen LogP contribution in [0.5, 0.6) is 0 Å². The van der Waals surface area contributed by atoms with Gasteiger partial charge in [-0.05, 0) is 179 Å². The molecule has 432 valence electrons. The Kier molecular flexibility index (Phi) is 12.5. The van der Waals surface area contributed by atoms with Crippen molar-refractivity contribution in [1.82, 2.24) is 9.13 Å². The standard InChI is InChI=1S/C82H60N4O4/c1-81(2)71-29-16-14-27-63(71)65-44-41-62(48-73(65)81)86-77(87)67-28-15-17-30-75(67)84(80(86)90)61-40-43-66-64-42-35-58(46-72(64)82(3,4)74(66)47-61)57-26-18-25-56(45-57)53-33-38-60(39-34-53)85-78(88)70-49-68(54-21-10-6-11-22-54)69(55-23-12-7-13-24-55)50-76(70)83(79(85)89)59-36-31-52(32-37-59)51-19-8-5-9-20-51/h5-50,77,87H,1-4H3. The van der Waals surface area contributed by atoms with Gasteiger partial charge in [-0.1, -0.05) is 228 Å². The number of rotatable bonds is 9. The molecule has 2 amide bonds. The summed E-state index contributed by atoms with van der Waals surface area (Å²) >= 11 is 0. The Balaban J connectivity index is 0.728. The van der Waals surface area contributed by atoms with E-state index in [-0.39, 0.29) is 11.4 Å². The van der Waals surface area contributed by atoms with Crippen molar-refractivity contribution >= 4 is 34.0 Å². The lowest BCUT2D eigenvalue weighted by Gasteiger charge is -2.41. The van der Waals surface area contributed by atoms with Crippen LogP contribution < -0.4 is 21.0 Å². The lowest BCUT2D eigenvalue weighted by molar-refractivity contribution is 0.168. The molecule has 1 aromatic heterocycles. The highest BCUT2D eigenvalue weighted by molar-refractivity contribution is 6.12. The number of nitrogens with zero attached hydrogens (tertiary/aromatic N) is 4. The number of anilines is 3. The molecule has 8 nitrogen and oxygen atoms in total. The number of urea groups is 1. The summed E-state index contributed by atoms with van der Waals surface area (Å²) in [7, 11) is 0. The molecule has 1 atom stereocenters. The third-order valence-corrected chi connectivity index (χ3v) is 19.1. The first kappa shape index (κ1) is 54.2. The Morgan fingerprint density at radius 3 is 1.42 bits per heavy atom. The van der Waals surface area contributed by atoms with Gasteiger partial charge < -0.3 is 5.11 Å². The molecule has 2 aliphatic carbocycles. The van der Waals surface area contributed by atoms with E-state index in [1.807, 2.05) is 152 Å². The Labute approximate surface area is 521 Å². The van der Waals surface area contributed by atoms with Gasteiger partial charge in [0.25, 0.3) is 5.56 Å². The second kappa shape index (κ2) is 20.7. The van der Waals surface area contributed by atoms with Crippen LogP contribution in [0.15, 0.2) is 289 Å². The van der Waals surface area contributed by atoms with Gasteiger partial charge in [0.15, 0.2) is 6.23 Å². The average Bonchev–Trinajstić information content (AvgIpc) is 1.20. The van der Waals surface area contributed by atoms with E-state index in [1.165, 1.54) is 26.2 Å². The summed E-state index contributed by atoms with van der Waals surface area (Å²) in [4.78, 5) is 49.0. The van der Waals surface area contributed by atoms with Gasteiger partial charge >= 0.3 is 11.7 Å². The van der Waals surface area contributed by atoms with Crippen LogP contribution in [-0.2, 0) is 10.8 Å². The number of aliphatic hydroxyl groups excluding tert-OH is 1. The molecule has 13 aromatic rings. The zero-order valence-corrected chi connectivity index (χ0v) is 50.1. The number of hydrogen-bond donors (Lipinski definition) is 1. The van der Waals surface area contributed by atoms with Crippen molar-refractivity contribution in [2.24, 2.45) is 0 Å². The van der Waals surface area contributed by atoms with E-state index in [0.29, 0.717) is 39.2 Å². The monoisotopic (exact) mass is 1160 g/mol. The fourth-order valence-electron chi connectivity index (χ4n) is 14.4. The van der Waals surface area contributed by atoms with Gasteiger partial charge in [-0.3, -0.25) is 19.2 Å². The smallest absolute Gasteiger partial charge is 0.340 e. The Morgan fingerprint density at radius 1 is 0.333 bits per heavy atom. The molecule has 0 fully saturated rings. The average molecular weight is 1170 g/mol. The summed E-state index contributed by atoms with van der Waals surface area (Å²) in [5, 5.41) is 12.5. The number of aliphatic hydroxyl groups is 1. The maximum atomic E-state index is 15.3. The van der Waals surface area contributed by atoms with Crippen molar-refractivity contribution < 1.29 is 9.90 Å². The van der Waals surface area contributed by atoms with Crippen LogP contribution in [0.3, 0.4) is 0 Å². The van der Waals surface area contributed by atoms with Crippen molar-refractivity contribution in [3.8, 4) is 89.3 Å². The van der Waals surface area contributed by atoms with Crippen molar-refractivity contribution in [2.45, 2.75) is 44.8 Å². The number of hydrogen-bond acceptors (Lipinski definition) is 4. The zero-order valence-electron chi connectivity index (χ0n) is 50.1. The van der Waals surface area contributed by atoms with Gasteiger partial charge in [0.1, 0.15) is 0 Å². The van der Waals surface area contributed by atoms with Crippen molar-refractivity contribution in [3.63, 3.8) is 0 Å². The molecule has 2 heterocycles. The molecule has 8 heteroatoms. The summed E-state index contributed by atoms with van der Waals surface area (Å²) in [6.07, 6.45) is -1.19. The van der Waals surface area contributed by atoms with Crippen LogP contribution >= 0.6 is 0 Å². The normalized spacial score (nSPS) is 14.9. The van der Waals surface area contributed by atoms with Crippen LogP contribution in [0.1, 0.15) is 61.7 Å². The third-order valence-electron chi connectivity index (χ3n) is 19.1. The van der Waals surface area contributed by atoms with Crippen LogP contribution in [0.25, 0.3) is 100 Å². The first-order chi connectivity index (χ1) is 43.8. The van der Waals surface area contributed by atoms with Crippen LogP contribution in [-0.4, -0.2) is 20.3 Å². The number of aromatic nitrogens is 2. The SMILES string of the molecule is CC1(C)c2cc(-c3cccc(-c4ccc(-n5c(=O)c6cc(-c7ccccc7)c(-c7ccccc7)cc6n(-c6ccc(-c7ccccc7)cc6)c5=O)cc4)c3)ccc2-c2ccc(N3C(=O)N(c4ccc5c(c4)C(C)(C)c4ccccc4-5)C(O)c4ccccc43)cc21. The number of amides is 2. The minimum Gasteiger partial charge on any atom is -0.369 e. The van der Waals surface area contributed by atoms with Crippen LogP contribution in [0, 0.1) is 0 Å². The minimum absolute atomic E-state index is 0.290. The van der Waals surface area contributed by atoms with Gasteiger partial charge in [-0.2, -0.15) is 0 Å². The molecule has 0 saturated heterocycles. The predicted octanol–water partition coefficient (Wildman–Crippen LogP) is 18.9. The number of carbonyl (C=O) groups is 1. The number of fused-ring (bicyclic) bond motifs is 8. The summed E-state index contributed by atoms with van der Waals surface area (Å²) in [5.41, 5.74) is 21.7. The summed E-state index contributed by atoms with van der Waals surface area (Å²) < 4.78 is 2.97. The fraction of sp³-hybridized carbons (Fsp3) is 0.0854. The molecule has 1 unspecified atom stereocenters. The van der Waals surface area contributed by atoms with E-state index in [9.17, 15) is 5.11 Å². The predicted molar refractivity (Wildman–Crippen MR) is 365 cm³/mol. The maximum Gasteiger partial charge on any atom is 0.340 e. The molecule has 1 N–H and O–H groups in total. The molecule has 0 radical (unpaired) electrons.